The second-order valence-electron chi connectivity index (χ2n) is 3.96. The van der Waals surface area contributed by atoms with Crippen LogP contribution in [0.3, 0.4) is 0 Å². The number of nitrogens with two attached hydrogens (primary N) is 1. The van der Waals surface area contributed by atoms with Crippen molar-refractivity contribution in [3.05, 3.63) is 11.9 Å². The summed E-state index contributed by atoms with van der Waals surface area (Å²) < 4.78 is 13.5. The van der Waals surface area contributed by atoms with E-state index in [4.69, 9.17) is 24.5 Å². The van der Waals surface area contributed by atoms with E-state index in [0.29, 0.717) is 5.88 Å². The number of methoxy groups -OCH3 is 1. The van der Waals surface area contributed by atoms with Crippen molar-refractivity contribution in [1.82, 2.24) is 8.75 Å². The Hall–Kier alpha value is -2.04. The first-order valence-electron chi connectivity index (χ1n) is 5.58. The third kappa shape index (κ3) is 4.57. The van der Waals surface area contributed by atoms with Crippen molar-refractivity contribution >= 4 is 29.2 Å². The predicted molar refractivity (Wildman–Crippen MR) is 63.0 cm³/mol. The third-order valence-electron chi connectivity index (χ3n) is 2.40. The van der Waals surface area contributed by atoms with Crippen LogP contribution in [0.5, 0.6) is 5.88 Å². The molecule has 1 aromatic rings. The van der Waals surface area contributed by atoms with E-state index in [9.17, 15) is 0 Å². The summed E-state index contributed by atoms with van der Waals surface area (Å²) in [6.45, 7) is 2.06. The van der Waals surface area contributed by atoms with Gasteiger partial charge in [-0.05, 0) is 0 Å². The zero-order valence-corrected chi connectivity index (χ0v) is 11.7. The molecule has 9 nitrogen and oxygen atoms in total. The van der Waals surface area contributed by atoms with Crippen molar-refractivity contribution in [1.29, 1.82) is 0 Å². The first-order chi connectivity index (χ1) is 9.45. The van der Waals surface area contributed by atoms with Crippen LogP contribution in [0, 0.1) is 0 Å². The fourth-order valence-electron chi connectivity index (χ4n) is 1.53. The number of aromatic nitrogens is 2. The summed E-state index contributed by atoms with van der Waals surface area (Å²) in [5, 5.41) is 20.0. The van der Waals surface area contributed by atoms with Crippen LogP contribution in [0.25, 0.3) is 5.57 Å². The molecule has 0 saturated heterocycles. The van der Waals surface area contributed by atoms with Gasteiger partial charge in [0.25, 0.3) is 5.88 Å². The number of carboxylic acids is 2. The molecular formula is C10H14N4O5S. The topological polar surface area (TPSA) is 136 Å². The maximum Gasteiger partial charge on any atom is 0.253 e. The third-order valence-corrected chi connectivity index (χ3v) is 2.91. The highest BCUT2D eigenvalue weighted by Crippen LogP contribution is 2.21. The number of carbonyl (C=O) groups excluding carboxylic acids is 2. The Bertz CT molecular complexity index is 504. The van der Waals surface area contributed by atoms with Crippen LogP contribution in [0.2, 0.25) is 0 Å². The lowest BCUT2D eigenvalue weighted by Crippen LogP contribution is -3.20. The average Bonchev–Trinajstić information content (AvgIpc) is 2.87. The minimum Gasteiger partial charge on any atom is -0.543 e. The Balaban J connectivity index is 0.000000286. The van der Waals surface area contributed by atoms with Gasteiger partial charge in [0.15, 0.2) is 5.69 Å². The summed E-state index contributed by atoms with van der Waals surface area (Å²) in [7, 11) is 3.79. The number of aliphatic carboxylic acids is 2. The first-order valence-corrected chi connectivity index (χ1v) is 6.31. The number of carboxylic acid groups (broad SMARTS) is 2. The molecule has 0 radical (unpaired) electrons. The van der Waals surface area contributed by atoms with Crippen molar-refractivity contribution < 1.29 is 34.8 Å². The van der Waals surface area contributed by atoms with Crippen LogP contribution >= 0.6 is 11.7 Å². The summed E-state index contributed by atoms with van der Waals surface area (Å²) in [6, 6.07) is 0. The Morgan fingerprint density at radius 3 is 2.55 bits per heavy atom. The van der Waals surface area contributed by atoms with Gasteiger partial charge in [-0.25, -0.2) is 0 Å². The molecule has 0 aliphatic carbocycles. The van der Waals surface area contributed by atoms with Crippen molar-refractivity contribution in [2.75, 3.05) is 27.4 Å². The fraction of sp³-hybridized carbons (Fsp3) is 0.400. The number of rotatable bonds is 2. The summed E-state index contributed by atoms with van der Waals surface area (Å²) in [5.41, 5.74) is 2.10. The predicted octanol–water partition coefficient (Wildman–Crippen LogP) is -5.58. The maximum absolute atomic E-state index is 8.93. The second kappa shape index (κ2) is 7.53. The molecule has 110 valence electrons. The van der Waals surface area contributed by atoms with Gasteiger partial charge < -0.3 is 24.5 Å². The van der Waals surface area contributed by atoms with E-state index in [1.807, 2.05) is 0 Å². The average molecular weight is 302 g/mol. The minimum atomic E-state index is -2.19. The van der Waals surface area contributed by atoms with Crippen LogP contribution in [-0.4, -0.2) is 48.1 Å². The van der Waals surface area contributed by atoms with Gasteiger partial charge in [0.1, 0.15) is 12.7 Å². The van der Waals surface area contributed by atoms with Gasteiger partial charge in [-0.1, -0.05) is 0 Å². The lowest BCUT2D eigenvalue weighted by atomic mass is 10.2. The van der Waals surface area contributed by atoms with Gasteiger partial charge in [-0.3, -0.25) is 10.2 Å². The van der Waals surface area contributed by atoms with Gasteiger partial charge >= 0.3 is 0 Å². The highest BCUT2D eigenvalue weighted by atomic mass is 32.1. The standard InChI is InChI=1S/C8H12N4OS.C2H2O4/c1-12-4-6(3-9-5-12)7-8(13-2)11-14-10-7;3-1(4)2(5)6/h3,9H,4-5H2,1-2H3;(H,3,4)(H,5,6). The molecule has 0 saturated carbocycles. The smallest absolute Gasteiger partial charge is 0.253 e. The zero-order valence-electron chi connectivity index (χ0n) is 10.9. The minimum absolute atomic E-state index is 0.643. The second-order valence-corrected chi connectivity index (χ2v) is 4.49. The summed E-state index contributed by atoms with van der Waals surface area (Å²) >= 11 is 1.20. The normalized spacial score (nSPS) is 17.5. The molecule has 20 heavy (non-hydrogen) atoms. The molecule has 2 heterocycles. The van der Waals surface area contributed by atoms with E-state index < -0.39 is 11.9 Å². The SMILES string of the molecule is COc1nsnc1C1=C[NH2+]C[NH+](C)C1.O=C([O-])C(=O)[O-]. The fourth-order valence-corrected chi connectivity index (χ4v) is 2.08. The van der Waals surface area contributed by atoms with Crippen LogP contribution in [0.15, 0.2) is 6.20 Å². The molecule has 10 heteroatoms. The van der Waals surface area contributed by atoms with E-state index in [2.05, 4.69) is 27.3 Å². The Morgan fingerprint density at radius 1 is 1.40 bits per heavy atom. The number of hydrogen-bond acceptors (Lipinski definition) is 8. The highest BCUT2D eigenvalue weighted by molar-refractivity contribution is 6.99. The van der Waals surface area contributed by atoms with Crippen LogP contribution in [0.1, 0.15) is 5.69 Å². The Morgan fingerprint density at radius 2 is 2.05 bits per heavy atom. The summed E-state index contributed by atoms with van der Waals surface area (Å²) in [5.74, 6) is -3.73. The number of nitrogens with zero attached hydrogens (tertiary/aromatic N) is 2. The lowest BCUT2D eigenvalue weighted by molar-refractivity contribution is -0.978. The van der Waals surface area contributed by atoms with Crippen molar-refractivity contribution in [3.8, 4) is 5.88 Å². The van der Waals surface area contributed by atoms with E-state index in [0.717, 1.165) is 18.9 Å². The largest absolute Gasteiger partial charge is 0.543 e. The number of ether oxygens (including phenoxy) is 1. The highest BCUT2D eigenvalue weighted by Gasteiger charge is 2.22. The van der Waals surface area contributed by atoms with Crippen molar-refractivity contribution in [2.45, 2.75) is 0 Å². The van der Waals surface area contributed by atoms with Gasteiger partial charge in [0.05, 0.1) is 43.4 Å². The molecule has 0 spiro atoms. The van der Waals surface area contributed by atoms with Gasteiger partial charge in [0.2, 0.25) is 6.67 Å². The molecule has 1 unspecified atom stereocenters. The van der Waals surface area contributed by atoms with Gasteiger partial charge in [-0.2, -0.15) is 4.37 Å². The number of carbonyl (C=O) groups is 2. The molecule has 2 rings (SSSR count). The molecule has 1 aliphatic rings. The van der Waals surface area contributed by atoms with E-state index in [-0.39, 0.29) is 0 Å². The quantitative estimate of drug-likeness (QED) is 0.520. The van der Waals surface area contributed by atoms with Crippen LogP contribution in [-0.2, 0) is 9.59 Å². The summed E-state index contributed by atoms with van der Waals surface area (Å²) in [6.07, 6.45) is 2.12. The molecule has 3 N–H and O–H groups in total. The first kappa shape index (κ1) is 16.0. The number of hydrogen-bond donors (Lipinski definition) is 2. The number of likely N-dealkylation sites (N-methyl/N-ethyl adjacent to an activating group) is 1. The van der Waals surface area contributed by atoms with E-state index in [1.54, 1.807) is 7.11 Å². The van der Waals surface area contributed by atoms with Crippen LogP contribution in [0.4, 0.5) is 0 Å². The monoisotopic (exact) mass is 302 g/mol. The molecule has 0 aromatic carbocycles. The molecule has 1 atom stereocenters. The summed E-state index contributed by atoms with van der Waals surface area (Å²) in [4.78, 5) is 19.3. The lowest BCUT2D eigenvalue weighted by Gasteiger charge is -2.16. The Labute approximate surface area is 118 Å². The molecule has 0 fully saturated rings. The molecule has 1 aromatic heterocycles. The zero-order chi connectivity index (χ0) is 15.1. The van der Waals surface area contributed by atoms with Crippen molar-refractivity contribution in [3.63, 3.8) is 0 Å². The number of nitrogens with one attached hydrogen (secondary N) is 1. The van der Waals surface area contributed by atoms with E-state index >= 15 is 0 Å². The van der Waals surface area contributed by atoms with Crippen molar-refractivity contribution in [2.24, 2.45) is 0 Å². The molecular weight excluding hydrogens is 288 g/mol. The Kier molecular flexibility index (Phi) is 6.03. The molecule has 1 aliphatic heterocycles. The number of quaternary nitrogens is 2. The van der Waals surface area contributed by atoms with E-state index in [1.165, 1.54) is 22.2 Å². The molecule has 0 bridgehead atoms. The maximum atomic E-state index is 8.93. The van der Waals surface area contributed by atoms with Gasteiger partial charge in [-0.15, -0.1) is 4.37 Å². The molecule has 0 amide bonds. The van der Waals surface area contributed by atoms with Crippen LogP contribution < -0.4 is 25.2 Å². The van der Waals surface area contributed by atoms with Gasteiger partial charge in [0, 0.05) is 0 Å².